The van der Waals surface area contributed by atoms with Crippen LogP contribution in [0.15, 0.2) is 48.9 Å². The van der Waals surface area contributed by atoms with Crippen molar-refractivity contribution in [3.63, 3.8) is 0 Å². The molecule has 0 bridgehead atoms. The molecule has 1 atom stereocenters. The van der Waals surface area contributed by atoms with Crippen LogP contribution in [0.3, 0.4) is 0 Å². The molecule has 0 aromatic carbocycles. The number of likely N-dealkylation sites (tertiary alicyclic amines) is 1. The number of imidazole rings is 1. The Kier molecular flexibility index (Phi) is 5.55. The third-order valence-electron chi connectivity index (χ3n) is 5.52. The average Bonchev–Trinajstić information content (AvgIpc) is 3.17. The van der Waals surface area contributed by atoms with Crippen molar-refractivity contribution >= 4 is 17.3 Å². The lowest BCUT2D eigenvalue weighted by atomic mass is 10.00. The van der Waals surface area contributed by atoms with Gasteiger partial charge >= 0.3 is 0 Å². The first-order chi connectivity index (χ1) is 14.2. The summed E-state index contributed by atoms with van der Waals surface area (Å²) in [5.74, 6) is -0.101. The largest absolute Gasteiger partial charge is 0.347 e. The first kappa shape index (κ1) is 19.1. The third kappa shape index (κ3) is 3.85. The van der Waals surface area contributed by atoms with Gasteiger partial charge in [-0.15, -0.1) is 0 Å². The zero-order chi connectivity index (χ0) is 20.2. The summed E-state index contributed by atoms with van der Waals surface area (Å²) < 4.78 is 1.73. The lowest BCUT2D eigenvalue weighted by Crippen LogP contribution is -2.44. The minimum Gasteiger partial charge on any atom is -0.347 e. The van der Waals surface area contributed by atoms with E-state index in [1.54, 1.807) is 23.0 Å². The molecule has 0 spiro atoms. The molecule has 29 heavy (non-hydrogen) atoms. The fourth-order valence-electron chi connectivity index (χ4n) is 3.94. The van der Waals surface area contributed by atoms with Crippen molar-refractivity contribution in [3.05, 3.63) is 66.0 Å². The third-order valence-corrected chi connectivity index (χ3v) is 5.52. The van der Waals surface area contributed by atoms with Crippen molar-refractivity contribution < 1.29 is 9.59 Å². The molecule has 7 nitrogen and oxygen atoms in total. The molecule has 0 radical (unpaired) electrons. The molecule has 1 aliphatic rings. The molecule has 0 aliphatic carbocycles. The summed E-state index contributed by atoms with van der Waals surface area (Å²) in [5.41, 5.74) is 1.86. The Morgan fingerprint density at radius 2 is 2.00 bits per heavy atom. The molecule has 0 saturated carbocycles. The van der Waals surface area contributed by atoms with Crippen molar-refractivity contribution in [1.82, 2.24) is 24.6 Å². The van der Waals surface area contributed by atoms with Gasteiger partial charge in [0.25, 0.3) is 11.8 Å². The number of nitrogens with one attached hydrogen (secondary N) is 1. The highest BCUT2D eigenvalue weighted by atomic mass is 16.2. The number of rotatable bonds is 5. The molecule has 150 valence electrons. The Morgan fingerprint density at radius 1 is 1.17 bits per heavy atom. The summed E-state index contributed by atoms with van der Waals surface area (Å²) in [6.45, 7) is 3.22. The standard InChI is InChI=1S/C22H25N5O2/c1-2-17-7-3-5-13-26(17)22(29)20-25-19(18-8-4-6-14-27(18)20)21(28)24-15-16-9-11-23-12-10-16/h4,6,8-12,14,17H,2-3,5,7,13,15H2,1H3,(H,24,28). The van der Waals surface area contributed by atoms with Gasteiger partial charge in [0.05, 0.1) is 5.52 Å². The number of aromatic nitrogens is 3. The van der Waals surface area contributed by atoms with Crippen LogP contribution in [-0.2, 0) is 6.54 Å². The summed E-state index contributed by atoms with van der Waals surface area (Å²) in [6, 6.07) is 9.44. The van der Waals surface area contributed by atoms with E-state index in [1.807, 2.05) is 35.2 Å². The van der Waals surface area contributed by atoms with Crippen LogP contribution in [0.4, 0.5) is 0 Å². The number of hydrogen-bond acceptors (Lipinski definition) is 4. The number of nitrogens with zero attached hydrogens (tertiary/aromatic N) is 4. The summed E-state index contributed by atoms with van der Waals surface area (Å²) in [5, 5.41) is 2.89. The highest BCUT2D eigenvalue weighted by Gasteiger charge is 2.30. The van der Waals surface area contributed by atoms with E-state index in [1.165, 1.54) is 0 Å². The molecular weight excluding hydrogens is 366 g/mol. The maximum atomic E-state index is 13.3. The van der Waals surface area contributed by atoms with Crippen LogP contribution < -0.4 is 5.32 Å². The molecule has 3 aromatic rings. The summed E-state index contributed by atoms with van der Waals surface area (Å²) in [4.78, 5) is 36.5. The average molecular weight is 391 g/mol. The van der Waals surface area contributed by atoms with E-state index in [0.717, 1.165) is 37.8 Å². The smallest absolute Gasteiger partial charge is 0.290 e. The Hall–Kier alpha value is -3.22. The van der Waals surface area contributed by atoms with E-state index < -0.39 is 0 Å². The van der Waals surface area contributed by atoms with Gasteiger partial charge in [-0.25, -0.2) is 4.98 Å². The molecule has 1 aliphatic heterocycles. The first-order valence-corrected chi connectivity index (χ1v) is 10.1. The normalized spacial score (nSPS) is 16.7. The van der Waals surface area contributed by atoms with Gasteiger partial charge in [-0.05, 0) is 55.5 Å². The number of carbonyl (C=O) groups excluding carboxylic acids is 2. The highest BCUT2D eigenvalue weighted by molar-refractivity contribution is 6.02. The van der Waals surface area contributed by atoms with Crippen LogP contribution >= 0.6 is 0 Å². The van der Waals surface area contributed by atoms with Crippen LogP contribution in [0, 0.1) is 0 Å². The van der Waals surface area contributed by atoms with Gasteiger partial charge in [0, 0.05) is 37.7 Å². The van der Waals surface area contributed by atoms with Crippen molar-refractivity contribution in [3.8, 4) is 0 Å². The maximum absolute atomic E-state index is 13.3. The van der Waals surface area contributed by atoms with Crippen LogP contribution in [0.1, 0.15) is 59.3 Å². The minimum atomic E-state index is -0.296. The SMILES string of the molecule is CCC1CCCCN1C(=O)c1nc(C(=O)NCc2ccncc2)c2ccccn12. The van der Waals surface area contributed by atoms with E-state index in [0.29, 0.717) is 17.9 Å². The van der Waals surface area contributed by atoms with E-state index in [9.17, 15) is 9.59 Å². The quantitative estimate of drug-likeness (QED) is 0.725. The molecule has 4 heterocycles. The number of pyridine rings is 2. The Balaban J connectivity index is 1.62. The van der Waals surface area contributed by atoms with Crippen molar-refractivity contribution in [2.45, 2.75) is 45.2 Å². The molecule has 7 heteroatoms. The van der Waals surface area contributed by atoms with Crippen molar-refractivity contribution in [2.75, 3.05) is 6.54 Å². The van der Waals surface area contributed by atoms with Gasteiger partial charge < -0.3 is 10.2 Å². The van der Waals surface area contributed by atoms with E-state index in [-0.39, 0.29) is 23.6 Å². The van der Waals surface area contributed by atoms with Crippen LogP contribution in [0.2, 0.25) is 0 Å². The minimum absolute atomic E-state index is 0.106. The molecule has 2 amide bonds. The fraction of sp³-hybridized carbons (Fsp3) is 0.364. The van der Waals surface area contributed by atoms with E-state index >= 15 is 0 Å². The lowest BCUT2D eigenvalue weighted by Gasteiger charge is -2.34. The molecule has 1 unspecified atom stereocenters. The van der Waals surface area contributed by atoms with Gasteiger partial charge in [-0.3, -0.25) is 19.0 Å². The second kappa shape index (κ2) is 8.43. The predicted molar refractivity (Wildman–Crippen MR) is 110 cm³/mol. The van der Waals surface area contributed by atoms with Gasteiger partial charge in [0.15, 0.2) is 5.69 Å². The van der Waals surface area contributed by atoms with Crippen LogP contribution in [-0.4, -0.2) is 43.7 Å². The number of amides is 2. The van der Waals surface area contributed by atoms with Gasteiger partial charge in [0.2, 0.25) is 5.82 Å². The number of carbonyl (C=O) groups is 2. The van der Waals surface area contributed by atoms with Gasteiger partial charge in [-0.2, -0.15) is 0 Å². The molecule has 1 fully saturated rings. The topological polar surface area (TPSA) is 79.6 Å². The first-order valence-electron chi connectivity index (χ1n) is 10.1. The summed E-state index contributed by atoms with van der Waals surface area (Å²) in [7, 11) is 0. The zero-order valence-electron chi connectivity index (χ0n) is 16.5. The maximum Gasteiger partial charge on any atom is 0.290 e. The molecule has 1 saturated heterocycles. The fourth-order valence-corrected chi connectivity index (χ4v) is 3.94. The second-order valence-corrected chi connectivity index (χ2v) is 7.33. The number of piperidine rings is 1. The molecule has 3 aromatic heterocycles. The number of fused-ring (bicyclic) bond motifs is 1. The zero-order valence-corrected chi connectivity index (χ0v) is 16.5. The predicted octanol–water partition coefficient (Wildman–Crippen LogP) is 3.06. The molecule has 1 N–H and O–H groups in total. The van der Waals surface area contributed by atoms with Gasteiger partial charge in [-0.1, -0.05) is 13.0 Å². The molecule has 4 rings (SSSR count). The van der Waals surface area contributed by atoms with Crippen LogP contribution in [0.25, 0.3) is 5.52 Å². The van der Waals surface area contributed by atoms with Gasteiger partial charge in [0.1, 0.15) is 0 Å². The summed E-state index contributed by atoms with van der Waals surface area (Å²) >= 11 is 0. The summed E-state index contributed by atoms with van der Waals surface area (Å²) in [6.07, 6.45) is 9.26. The monoisotopic (exact) mass is 391 g/mol. The number of hydrogen-bond donors (Lipinski definition) is 1. The van der Waals surface area contributed by atoms with E-state index in [4.69, 9.17) is 0 Å². The Bertz CT molecular complexity index is 1010. The second-order valence-electron chi connectivity index (χ2n) is 7.33. The lowest BCUT2D eigenvalue weighted by molar-refractivity contribution is 0.0594. The van der Waals surface area contributed by atoms with E-state index in [2.05, 4.69) is 22.2 Å². The Morgan fingerprint density at radius 3 is 2.79 bits per heavy atom. The highest BCUT2D eigenvalue weighted by Crippen LogP contribution is 2.23. The molecular formula is C22H25N5O2. The van der Waals surface area contributed by atoms with Crippen molar-refractivity contribution in [2.24, 2.45) is 0 Å². The van der Waals surface area contributed by atoms with Crippen molar-refractivity contribution in [1.29, 1.82) is 0 Å². The Labute approximate surface area is 169 Å². The van der Waals surface area contributed by atoms with Crippen LogP contribution in [0.5, 0.6) is 0 Å².